The monoisotopic (exact) mass is 562 g/mol. The van der Waals surface area contributed by atoms with Gasteiger partial charge in [0.15, 0.2) is 0 Å². The molecule has 0 aliphatic rings. The molecular formula is C28H29Cl3N2O2S. The van der Waals surface area contributed by atoms with Crippen molar-refractivity contribution in [1.82, 2.24) is 10.2 Å². The molecule has 36 heavy (non-hydrogen) atoms. The molecule has 3 rings (SSSR count). The van der Waals surface area contributed by atoms with Crippen molar-refractivity contribution in [2.75, 3.05) is 5.75 Å². The molecule has 1 unspecified atom stereocenters. The molecule has 190 valence electrons. The zero-order valence-corrected chi connectivity index (χ0v) is 23.5. The number of benzene rings is 3. The third kappa shape index (κ3) is 8.45. The Balaban J connectivity index is 1.97. The van der Waals surface area contributed by atoms with Crippen LogP contribution in [0.15, 0.2) is 77.7 Å². The van der Waals surface area contributed by atoms with Crippen molar-refractivity contribution in [2.45, 2.75) is 50.2 Å². The fourth-order valence-corrected chi connectivity index (χ4v) is 5.05. The fraction of sp³-hybridized carbons (Fsp3) is 0.286. The van der Waals surface area contributed by atoms with Crippen LogP contribution >= 0.6 is 46.6 Å². The van der Waals surface area contributed by atoms with E-state index >= 15 is 0 Å². The molecule has 0 fully saturated rings. The van der Waals surface area contributed by atoms with E-state index in [0.29, 0.717) is 27.1 Å². The lowest BCUT2D eigenvalue weighted by Crippen LogP contribution is -2.54. The molecule has 0 bridgehead atoms. The normalized spacial score (nSPS) is 12.2. The van der Waals surface area contributed by atoms with Gasteiger partial charge in [0.1, 0.15) is 6.04 Å². The van der Waals surface area contributed by atoms with Gasteiger partial charge in [0.2, 0.25) is 11.8 Å². The van der Waals surface area contributed by atoms with Gasteiger partial charge in [-0.1, -0.05) is 71.2 Å². The Morgan fingerprint density at radius 1 is 0.889 bits per heavy atom. The predicted molar refractivity (Wildman–Crippen MR) is 151 cm³/mol. The van der Waals surface area contributed by atoms with Crippen molar-refractivity contribution in [2.24, 2.45) is 0 Å². The zero-order chi connectivity index (χ0) is 26.3. The van der Waals surface area contributed by atoms with E-state index < -0.39 is 11.6 Å². The number of hydrogen-bond acceptors (Lipinski definition) is 3. The summed E-state index contributed by atoms with van der Waals surface area (Å²) in [5.41, 5.74) is 1.08. The average molecular weight is 564 g/mol. The second-order valence-electron chi connectivity index (χ2n) is 9.41. The molecule has 0 spiro atoms. The van der Waals surface area contributed by atoms with E-state index in [-0.39, 0.29) is 24.1 Å². The summed E-state index contributed by atoms with van der Waals surface area (Å²) in [5.74, 6) is -0.298. The second-order valence-corrected chi connectivity index (χ2v) is 11.7. The van der Waals surface area contributed by atoms with Gasteiger partial charge in [-0.3, -0.25) is 9.59 Å². The van der Waals surface area contributed by atoms with Crippen LogP contribution in [0.1, 0.15) is 31.9 Å². The summed E-state index contributed by atoms with van der Waals surface area (Å²) in [6, 6.07) is 21.4. The van der Waals surface area contributed by atoms with Gasteiger partial charge in [-0.25, -0.2) is 0 Å². The first-order valence-electron chi connectivity index (χ1n) is 11.5. The van der Waals surface area contributed by atoms with E-state index in [4.69, 9.17) is 34.8 Å². The van der Waals surface area contributed by atoms with Crippen LogP contribution in [-0.4, -0.2) is 34.0 Å². The summed E-state index contributed by atoms with van der Waals surface area (Å²) in [6.07, 6.45) is 0.349. The minimum absolute atomic E-state index is 0.105. The second kappa shape index (κ2) is 12.9. The minimum atomic E-state index is -0.766. The van der Waals surface area contributed by atoms with Crippen molar-refractivity contribution in [3.8, 4) is 0 Å². The molecule has 4 nitrogen and oxygen atoms in total. The van der Waals surface area contributed by atoms with Crippen LogP contribution in [0, 0.1) is 0 Å². The molecule has 3 aromatic rings. The van der Waals surface area contributed by atoms with Crippen LogP contribution in [0.25, 0.3) is 0 Å². The zero-order valence-electron chi connectivity index (χ0n) is 20.4. The number of nitrogens with zero attached hydrogens (tertiary/aromatic N) is 1. The van der Waals surface area contributed by atoms with E-state index in [1.165, 1.54) is 11.8 Å². The standard InChI is InChI=1S/C28H29Cl3N2O2S/c1-28(2,3)32-27(35)25(16-19-8-5-4-6-9-19)33(17-22-23(30)10-7-11-24(22)31)26(34)18-36-21-14-12-20(29)13-15-21/h4-15,25H,16-18H2,1-3H3,(H,32,35). The van der Waals surface area contributed by atoms with Gasteiger partial charge in [-0.15, -0.1) is 11.8 Å². The lowest BCUT2D eigenvalue weighted by molar-refractivity contribution is -0.140. The third-order valence-electron chi connectivity index (χ3n) is 5.34. The molecule has 0 radical (unpaired) electrons. The summed E-state index contributed by atoms with van der Waals surface area (Å²) in [6.45, 7) is 5.85. The van der Waals surface area contributed by atoms with E-state index in [0.717, 1.165) is 10.5 Å². The van der Waals surface area contributed by atoms with E-state index in [2.05, 4.69) is 5.32 Å². The van der Waals surface area contributed by atoms with Gasteiger partial charge in [0, 0.05) is 44.0 Å². The summed E-state index contributed by atoms with van der Waals surface area (Å²) < 4.78 is 0. The maximum atomic E-state index is 13.7. The van der Waals surface area contributed by atoms with Crippen LogP contribution in [-0.2, 0) is 22.6 Å². The van der Waals surface area contributed by atoms with Gasteiger partial charge < -0.3 is 10.2 Å². The minimum Gasteiger partial charge on any atom is -0.350 e. The highest BCUT2D eigenvalue weighted by Gasteiger charge is 2.33. The smallest absolute Gasteiger partial charge is 0.243 e. The SMILES string of the molecule is CC(C)(C)NC(=O)C(Cc1ccccc1)N(Cc1c(Cl)cccc1Cl)C(=O)CSc1ccc(Cl)cc1. The molecule has 1 N–H and O–H groups in total. The molecule has 0 saturated carbocycles. The molecular weight excluding hydrogens is 535 g/mol. The highest BCUT2D eigenvalue weighted by Crippen LogP contribution is 2.28. The first-order chi connectivity index (χ1) is 17.0. The van der Waals surface area contributed by atoms with Crippen LogP contribution in [0.5, 0.6) is 0 Å². The molecule has 0 saturated heterocycles. The molecule has 0 heterocycles. The quantitative estimate of drug-likeness (QED) is 0.278. The Bertz CT molecular complexity index is 1160. The molecule has 2 amide bonds. The number of thioether (sulfide) groups is 1. The number of carbonyl (C=O) groups is 2. The van der Waals surface area contributed by atoms with Gasteiger partial charge >= 0.3 is 0 Å². The van der Waals surface area contributed by atoms with Gasteiger partial charge in [-0.05, 0) is 62.7 Å². The Morgan fingerprint density at radius 3 is 2.08 bits per heavy atom. The van der Waals surface area contributed by atoms with Gasteiger partial charge in [-0.2, -0.15) is 0 Å². The average Bonchev–Trinajstić information content (AvgIpc) is 2.82. The van der Waals surface area contributed by atoms with Crippen molar-refractivity contribution >= 4 is 58.4 Å². The predicted octanol–water partition coefficient (Wildman–Crippen LogP) is 7.29. The Morgan fingerprint density at radius 2 is 1.50 bits per heavy atom. The van der Waals surface area contributed by atoms with Crippen molar-refractivity contribution in [1.29, 1.82) is 0 Å². The molecule has 0 aromatic heterocycles. The Labute approximate surface area is 232 Å². The molecule has 0 aliphatic carbocycles. The Hall–Kier alpha value is -2.18. The Kier molecular flexibility index (Phi) is 10.1. The van der Waals surface area contributed by atoms with Gasteiger partial charge in [0.25, 0.3) is 0 Å². The fourth-order valence-electron chi connectivity index (χ4n) is 3.62. The molecule has 8 heteroatoms. The van der Waals surface area contributed by atoms with Crippen LogP contribution in [0.4, 0.5) is 0 Å². The topological polar surface area (TPSA) is 49.4 Å². The maximum absolute atomic E-state index is 13.7. The summed E-state index contributed by atoms with van der Waals surface area (Å²) >= 11 is 20.3. The lowest BCUT2D eigenvalue weighted by Gasteiger charge is -2.34. The molecule has 3 aromatic carbocycles. The van der Waals surface area contributed by atoms with Crippen LogP contribution in [0.3, 0.4) is 0 Å². The molecule has 1 atom stereocenters. The summed E-state index contributed by atoms with van der Waals surface area (Å²) in [4.78, 5) is 29.8. The number of amides is 2. The summed E-state index contributed by atoms with van der Waals surface area (Å²) in [5, 5.41) is 4.57. The third-order valence-corrected chi connectivity index (χ3v) is 7.29. The number of halogens is 3. The number of carbonyl (C=O) groups excluding carboxylic acids is 2. The van der Waals surface area contributed by atoms with E-state index in [1.54, 1.807) is 35.2 Å². The highest BCUT2D eigenvalue weighted by molar-refractivity contribution is 8.00. The number of hydrogen-bond donors (Lipinski definition) is 1. The molecule has 0 aliphatic heterocycles. The van der Waals surface area contributed by atoms with Crippen molar-refractivity contribution < 1.29 is 9.59 Å². The number of rotatable bonds is 9. The first-order valence-corrected chi connectivity index (χ1v) is 13.6. The van der Waals surface area contributed by atoms with Crippen molar-refractivity contribution in [3.63, 3.8) is 0 Å². The van der Waals surface area contributed by atoms with Crippen LogP contribution < -0.4 is 5.32 Å². The van der Waals surface area contributed by atoms with Crippen molar-refractivity contribution in [3.05, 3.63) is 99.0 Å². The summed E-state index contributed by atoms with van der Waals surface area (Å²) in [7, 11) is 0. The highest BCUT2D eigenvalue weighted by atomic mass is 35.5. The largest absolute Gasteiger partial charge is 0.350 e. The van der Waals surface area contributed by atoms with Gasteiger partial charge in [0.05, 0.1) is 5.75 Å². The van der Waals surface area contributed by atoms with E-state index in [9.17, 15) is 9.59 Å². The number of nitrogens with one attached hydrogen (secondary N) is 1. The maximum Gasteiger partial charge on any atom is 0.243 e. The first kappa shape index (κ1) is 28.4. The lowest BCUT2D eigenvalue weighted by atomic mass is 10.0. The van der Waals surface area contributed by atoms with E-state index in [1.807, 2.05) is 63.2 Å². The van der Waals surface area contributed by atoms with Crippen LogP contribution in [0.2, 0.25) is 15.1 Å².